The van der Waals surface area contributed by atoms with Gasteiger partial charge in [0, 0.05) is 24.4 Å². The standard InChI is InChI=1S/C24H30N4O3/c1-24(2)7-6-19(31-24)13-30-18-5-3-4-16(10-18)20-11-28(17-8-15(9-17)12-29)23-21(20)22(25)26-14-27-23/h3-5,10-11,14-15,17,19,29H,6-9,12-13H2,1-2H3,(H2,25,26,27). The molecule has 31 heavy (non-hydrogen) atoms. The van der Waals surface area contributed by atoms with Crippen molar-refractivity contribution in [1.82, 2.24) is 14.5 Å². The van der Waals surface area contributed by atoms with Gasteiger partial charge in [-0.1, -0.05) is 12.1 Å². The Hall–Kier alpha value is -2.64. The maximum absolute atomic E-state index is 9.40. The second-order valence-corrected chi connectivity index (χ2v) is 9.46. The number of aromatic nitrogens is 3. The first-order valence-electron chi connectivity index (χ1n) is 11.1. The predicted octanol–water partition coefficient (Wildman–Crippen LogP) is 3.96. The fourth-order valence-electron chi connectivity index (χ4n) is 4.82. The van der Waals surface area contributed by atoms with Crippen LogP contribution in [0.2, 0.25) is 0 Å². The minimum Gasteiger partial charge on any atom is -0.491 e. The second kappa shape index (κ2) is 7.80. The lowest BCUT2D eigenvalue weighted by Crippen LogP contribution is -2.28. The molecule has 2 aromatic heterocycles. The Balaban J connectivity index is 1.42. The van der Waals surface area contributed by atoms with Crippen LogP contribution >= 0.6 is 0 Å². The van der Waals surface area contributed by atoms with Crippen LogP contribution in [-0.4, -0.2) is 44.6 Å². The smallest absolute Gasteiger partial charge is 0.146 e. The Bertz CT molecular complexity index is 1090. The maximum atomic E-state index is 9.40. The molecule has 2 aliphatic rings. The van der Waals surface area contributed by atoms with Gasteiger partial charge < -0.3 is 24.9 Å². The lowest BCUT2D eigenvalue weighted by atomic mass is 9.81. The number of nitrogens with two attached hydrogens (primary N) is 1. The second-order valence-electron chi connectivity index (χ2n) is 9.46. The summed E-state index contributed by atoms with van der Waals surface area (Å²) in [6.45, 7) is 5.03. The van der Waals surface area contributed by atoms with E-state index in [1.807, 2.05) is 18.2 Å². The molecule has 5 rings (SSSR count). The van der Waals surface area contributed by atoms with E-state index in [1.54, 1.807) is 0 Å². The van der Waals surface area contributed by atoms with Crippen LogP contribution < -0.4 is 10.5 Å². The van der Waals surface area contributed by atoms with Gasteiger partial charge in [-0.25, -0.2) is 9.97 Å². The first-order valence-corrected chi connectivity index (χ1v) is 11.1. The predicted molar refractivity (Wildman–Crippen MR) is 120 cm³/mol. The number of aliphatic hydroxyl groups is 1. The van der Waals surface area contributed by atoms with Crippen LogP contribution in [-0.2, 0) is 4.74 Å². The van der Waals surface area contributed by atoms with E-state index in [0.717, 1.165) is 53.6 Å². The molecule has 1 aromatic carbocycles. The first-order chi connectivity index (χ1) is 14.9. The van der Waals surface area contributed by atoms with Crippen LogP contribution in [0.15, 0.2) is 36.8 Å². The van der Waals surface area contributed by atoms with Crippen LogP contribution in [0.4, 0.5) is 5.82 Å². The summed E-state index contributed by atoms with van der Waals surface area (Å²) < 4.78 is 14.3. The molecule has 7 heteroatoms. The number of benzene rings is 1. The first kappa shape index (κ1) is 20.3. The number of fused-ring (bicyclic) bond motifs is 1. The van der Waals surface area contributed by atoms with Gasteiger partial charge >= 0.3 is 0 Å². The third kappa shape index (κ3) is 3.88. The van der Waals surface area contributed by atoms with E-state index in [4.69, 9.17) is 15.2 Å². The fourth-order valence-corrected chi connectivity index (χ4v) is 4.82. The quantitative estimate of drug-likeness (QED) is 0.624. The molecule has 1 unspecified atom stereocenters. The fraction of sp³-hybridized carbons (Fsp3) is 0.500. The third-order valence-electron chi connectivity index (χ3n) is 6.64. The number of hydrogen-bond acceptors (Lipinski definition) is 6. The number of ether oxygens (including phenoxy) is 2. The molecule has 2 fully saturated rings. The summed E-state index contributed by atoms with van der Waals surface area (Å²) in [5, 5.41) is 10.3. The Morgan fingerprint density at radius 1 is 1.29 bits per heavy atom. The maximum Gasteiger partial charge on any atom is 0.146 e. The van der Waals surface area contributed by atoms with Gasteiger partial charge in [-0.15, -0.1) is 0 Å². The molecule has 3 aromatic rings. The summed E-state index contributed by atoms with van der Waals surface area (Å²) in [6.07, 6.45) is 7.73. The molecular weight excluding hydrogens is 392 g/mol. The monoisotopic (exact) mass is 422 g/mol. The zero-order chi connectivity index (χ0) is 21.6. The largest absolute Gasteiger partial charge is 0.491 e. The van der Waals surface area contributed by atoms with Crippen LogP contribution in [0.3, 0.4) is 0 Å². The lowest BCUT2D eigenvalue weighted by Gasteiger charge is -2.35. The summed E-state index contributed by atoms with van der Waals surface area (Å²) in [4.78, 5) is 8.76. The zero-order valence-corrected chi connectivity index (χ0v) is 18.1. The van der Waals surface area contributed by atoms with E-state index >= 15 is 0 Å². The van der Waals surface area contributed by atoms with Gasteiger partial charge in [0.05, 0.1) is 17.1 Å². The van der Waals surface area contributed by atoms with E-state index in [0.29, 0.717) is 24.4 Å². The summed E-state index contributed by atoms with van der Waals surface area (Å²) in [5.41, 5.74) is 9.08. The summed E-state index contributed by atoms with van der Waals surface area (Å²) >= 11 is 0. The Morgan fingerprint density at radius 3 is 2.87 bits per heavy atom. The average molecular weight is 423 g/mol. The molecule has 3 heterocycles. The van der Waals surface area contributed by atoms with Crippen molar-refractivity contribution in [3.8, 4) is 16.9 Å². The van der Waals surface area contributed by atoms with Gasteiger partial charge in [0.25, 0.3) is 0 Å². The third-order valence-corrected chi connectivity index (χ3v) is 6.64. The molecule has 1 aliphatic heterocycles. The van der Waals surface area contributed by atoms with E-state index in [1.165, 1.54) is 6.33 Å². The summed E-state index contributed by atoms with van der Waals surface area (Å²) in [6, 6.07) is 8.40. The highest BCUT2D eigenvalue weighted by Crippen LogP contribution is 2.43. The van der Waals surface area contributed by atoms with E-state index in [9.17, 15) is 5.11 Å². The molecule has 0 radical (unpaired) electrons. The lowest BCUT2D eigenvalue weighted by molar-refractivity contribution is -0.0326. The van der Waals surface area contributed by atoms with E-state index < -0.39 is 0 Å². The van der Waals surface area contributed by atoms with Gasteiger partial charge in [0.15, 0.2) is 0 Å². The normalized spacial score (nSPS) is 24.9. The van der Waals surface area contributed by atoms with Gasteiger partial charge in [0.1, 0.15) is 30.1 Å². The van der Waals surface area contributed by atoms with E-state index in [2.05, 4.69) is 40.6 Å². The molecule has 0 amide bonds. The average Bonchev–Trinajstić information content (AvgIpc) is 3.27. The van der Waals surface area contributed by atoms with Crippen LogP contribution in [0, 0.1) is 5.92 Å². The molecule has 0 bridgehead atoms. The van der Waals surface area contributed by atoms with Gasteiger partial charge in [-0.2, -0.15) is 0 Å². The molecule has 3 N–H and O–H groups in total. The Morgan fingerprint density at radius 2 is 2.13 bits per heavy atom. The van der Waals surface area contributed by atoms with Crippen LogP contribution in [0.25, 0.3) is 22.2 Å². The molecular formula is C24H30N4O3. The topological polar surface area (TPSA) is 95.4 Å². The van der Waals surface area contributed by atoms with Crippen molar-refractivity contribution < 1.29 is 14.6 Å². The van der Waals surface area contributed by atoms with Crippen molar-refractivity contribution in [2.45, 2.75) is 57.3 Å². The van der Waals surface area contributed by atoms with Crippen LogP contribution in [0.5, 0.6) is 5.75 Å². The molecule has 164 valence electrons. The minimum atomic E-state index is -0.0637. The van der Waals surface area contributed by atoms with Gasteiger partial charge in [0.2, 0.25) is 0 Å². The number of anilines is 1. The Labute approximate surface area is 182 Å². The van der Waals surface area contributed by atoms with Gasteiger partial charge in [-0.3, -0.25) is 0 Å². The molecule has 1 aliphatic carbocycles. The van der Waals surface area contributed by atoms with Crippen molar-refractivity contribution in [2.75, 3.05) is 18.9 Å². The number of nitrogen functional groups attached to an aromatic ring is 1. The SMILES string of the molecule is CC1(C)CCC(COc2cccc(-c3cn(C4CC(CO)C4)c4ncnc(N)c34)c2)O1. The highest BCUT2D eigenvalue weighted by atomic mass is 16.6. The van der Waals surface area contributed by atoms with Crippen molar-refractivity contribution >= 4 is 16.9 Å². The highest BCUT2D eigenvalue weighted by molar-refractivity contribution is 6.00. The van der Waals surface area contributed by atoms with Crippen molar-refractivity contribution in [3.05, 3.63) is 36.8 Å². The number of rotatable bonds is 6. The van der Waals surface area contributed by atoms with Crippen molar-refractivity contribution in [1.29, 1.82) is 0 Å². The molecule has 1 atom stereocenters. The number of nitrogens with zero attached hydrogens (tertiary/aromatic N) is 3. The van der Waals surface area contributed by atoms with E-state index in [-0.39, 0.29) is 18.3 Å². The summed E-state index contributed by atoms with van der Waals surface area (Å²) in [7, 11) is 0. The van der Waals surface area contributed by atoms with Crippen molar-refractivity contribution in [2.24, 2.45) is 5.92 Å². The Kier molecular flexibility index (Phi) is 5.10. The van der Waals surface area contributed by atoms with Crippen LogP contribution in [0.1, 0.15) is 45.6 Å². The number of hydrogen-bond donors (Lipinski definition) is 2. The molecule has 7 nitrogen and oxygen atoms in total. The molecule has 0 spiro atoms. The molecule has 1 saturated heterocycles. The van der Waals surface area contributed by atoms with Gasteiger partial charge in [-0.05, 0) is 63.1 Å². The van der Waals surface area contributed by atoms with Crippen molar-refractivity contribution in [3.63, 3.8) is 0 Å². The highest BCUT2D eigenvalue weighted by Gasteiger charge is 2.33. The zero-order valence-electron chi connectivity index (χ0n) is 18.1. The molecule has 1 saturated carbocycles. The minimum absolute atomic E-state index is 0.0637. The summed E-state index contributed by atoms with van der Waals surface area (Å²) in [5.74, 6) is 1.65. The number of aliphatic hydroxyl groups excluding tert-OH is 1.